The Balaban J connectivity index is 1.41. The molecule has 3 aromatic heterocycles. The number of methoxy groups -OCH3 is 1. The number of rotatable bonds is 3. The first-order valence-corrected chi connectivity index (χ1v) is 9.75. The molecule has 0 spiro atoms. The minimum atomic E-state index is -0.0542. The maximum Gasteiger partial charge on any atom is 0.262 e. The van der Waals surface area contributed by atoms with Crippen LogP contribution in [0, 0.1) is 0 Å². The zero-order valence-electron chi connectivity index (χ0n) is 16.8. The van der Waals surface area contributed by atoms with Crippen molar-refractivity contribution in [3.63, 3.8) is 0 Å². The van der Waals surface area contributed by atoms with Crippen molar-refractivity contribution < 1.29 is 4.74 Å². The summed E-state index contributed by atoms with van der Waals surface area (Å²) in [6, 6.07) is 7.84. The first-order chi connectivity index (χ1) is 14.7. The molecule has 5 rings (SSSR count). The van der Waals surface area contributed by atoms with Gasteiger partial charge in [-0.2, -0.15) is 0 Å². The molecule has 30 heavy (non-hydrogen) atoms. The lowest BCUT2D eigenvalue weighted by molar-refractivity contribution is 0.402. The Morgan fingerprint density at radius 2 is 1.77 bits per heavy atom. The van der Waals surface area contributed by atoms with Gasteiger partial charge in [0.1, 0.15) is 6.33 Å². The van der Waals surface area contributed by atoms with Gasteiger partial charge in [0.15, 0.2) is 0 Å². The van der Waals surface area contributed by atoms with Gasteiger partial charge in [-0.25, -0.2) is 15.0 Å². The Morgan fingerprint density at radius 1 is 0.967 bits per heavy atom. The van der Waals surface area contributed by atoms with Crippen LogP contribution in [-0.2, 0) is 7.05 Å². The van der Waals surface area contributed by atoms with Gasteiger partial charge in [0.2, 0.25) is 11.8 Å². The highest BCUT2D eigenvalue weighted by Gasteiger charge is 2.22. The normalized spacial score (nSPS) is 14.5. The molecule has 0 radical (unpaired) electrons. The summed E-state index contributed by atoms with van der Waals surface area (Å²) in [5.41, 5.74) is 2.52. The van der Waals surface area contributed by atoms with Crippen LogP contribution in [0.1, 0.15) is 0 Å². The van der Waals surface area contributed by atoms with Crippen LogP contribution in [0.25, 0.3) is 21.8 Å². The lowest BCUT2D eigenvalue weighted by atomic mass is 10.2. The van der Waals surface area contributed by atoms with Gasteiger partial charge < -0.3 is 14.5 Å². The average Bonchev–Trinajstić information content (AvgIpc) is 2.81. The van der Waals surface area contributed by atoms with Crippen LogP contribution in [0.3, 0.4) is 0 Å². The Labute approximate surface area is 172 Å². The second-order valence-electron chi connectivity index (χ2n) is 7.23. The second-order valence-corrected chi connectivity index (χ2v) is 7.23. The van der Waals surface area contributed by atoms with E-state index in [1.807, 2.05) is 6.07 Å². The van der Waals surface area contributed by atoms with Gasteiger partial charge in [0.05, 0.1) is 35.1 Å². The number of anilines is 2. The summed E-state index contributed by atoms with van der Waals surface area (Å²) in [4.78, 5) is 34.5. The van der Waals surface area contributed by atoms with Crippen molar-refractivity contribution >= 4 is 33.4 Å². The van der Waals surface area contributed by atoms with E-state index in [2.05, 4.69) is 36.9 Å². The van der Waals surface area contributed by atoms with E-state index < -0.39 is 0 Å². The van der Waals surface area contributed by atoms with Crippen molar-refractivity contribution in [1.82, 2.24) is 24.5 Å². The molecule has 0 N–H and O–H groups in total. The number of pyridine rings is 1. The lowest BCUT2D eigenvalue weighted by Crippen LogP contribution is -2.48. The minimum Gasteiger partial charge on any atom is -0.480 e. The van der Waals surface area contributed by atoms with Crippen molar-refractivity contribution in [2.24, 2.45) is 7.05 Å². The topological polar surface area (TPSA) is 89.3 Å². The van der Waals surface area contributed by atoms with E-state index in [-0.39, 0.29) is 5.56 Å². The first kappa shape index (κ1) is 18.3. The molecular weight excluding hydrogens is 382 g/mol. The molecule has 1 fully saturated rings. The molecule has 9 heteroatoms. The van der Waals surface area contributed by atoms with Crippen molar-refractivity contribution in [2.75, 3.05) is 43.1 Å². The van der Waals surface area contributed by atoms with Crippen LogP contribution in [-0.4, -0.2) is 57.8 Å². The number of hydrogen-bond donors (Lipinski definition) is 0. The van der Waals surface area contributed by atoms with E-state index in [0.29, 0.717) is 22.7 Å². The van der Waals surface area contributed by atoms with Crippen molar-refractivity contribution in [1.29, 1.82) is 0 Å². The summed E-state index contributed by atoms with van der Waals surface area (Å²) in [5.74, 6) is 1.25. The van der Waals surface area contributed by atoms with Gasteiger partial charge in [-0.05, 0) is 24.3 Å². The van der Waals surface area contributed by atoms with Crippen LogP contribution in [0.5, 0.6) is 5.88 Å². The Kier molecular flexibility index (Phi) is 4.42. The SMILES string of the molecule is COc1ncnc2ccc(N3CCN(c4nc5cnccc5c(=O)n4C)CC3)cc12. The molecule has 1 aliphatic rings. The molecule has 1 aromatic carbocycles. The highest BCUT2D eigenvalue weighted by atomic mass is 16.5. The molecule has 1 aliphatic heterocycles. The molecular formula is C21H21N7O2. The molecule has 0 atom stereocenters. The number of aromatic nitrogens is 5. The third kappa shape index (κ3) is 2.99. The molecule has 0 bridgehead atoms. The van der Waals surface area contributed by atoms with E-state index in [0.717, 1.165) is 42.8 Å². The third-order valence-electron chi connectivity index (χ3n) is 5.56. The third-order valence-corrected chi connectivity index (χ3v) is 5.56. The molecule has 9 nitrogen and oxygen atoms in total. The zero-order chi connectivity index (χ0) is 20.7. The summed E-state index contributed by atoms with van der Waals surface area (Å²) in [5, 5.41) is 1.48. The summed E-state index contributed by atoms with van der Waals surface area (Å²) in [6.07, 6.45) is 4.77. The Hall–Kier alpha value is -3.75. The number of ether oxygens (including phenoxy) is 1. The number of hydrogen-bond acceptors (Lipinski definition) is 8. The van der Waals surface area contributed by atoms with Crippen molar-refractivity contribution in [3.05, 3.63) is 53.3 Å². The second kappa shape index (κ2) is 7.25. The van der Waals surface area contributed by atoms with Gasteiger partial charge in [0.25, 0.3) is 5.56 Å². The maximum absolute atomic E-state index is 12.7. The minimum absolute atomic E-state index is 0.0542. The standard InChI is InChI=1S/C21H21N7O2/c1-26-20(29)15-5-6-22-12-18(15)25-21(26)28-9-7-27(8-10-28)14-3-4-17-16(11-14)19(30-2)24-13-23-17/h3-6,11-13H,7-10H2,1-2H3. The van der Waals surface area contributed by atoms with Crippen LogP contribution < -0.4 is 20.1 Å². The maximum atomic E-state index is 12.7. The predicted octanol–water partition coefficient (Wildman–Crippen LogP) is 1.61. The van der Waals surface area contributed by atoms with Crippen molar-refractivity contribution in [3.8, 4) is 5.88 Å². The average molecular weight is 403 g/mol. The van der Waals surface area contributed by atoms with E-state index in [1.54, 1.807) is 37.2 Å². The zero-order valence-corrected chi connectivity index (χ0v) is 16.8. The molecule has 4 heterocycles. The Bertz CT molecular complexity index is 1300. The van der Waals surface area contributed by atoms with E-state index in [1.165, 1.54) is 6.33 Å². The predicted molar refractivity (Wildman–Crippen MR) is 115 cm³/mol. The van der Waals surface area contributed by atoms with Gasteiger partial charge in [-0.1, -0.05) is 0 Å². The van der Waals surface area contributed by atoms with Crippen LogP contribution >= 0.6 is 0 Å². The van der Waals surface area contributed by atoms with Crippen LogP contribution in [0.15, 0.2) is 47.8 Å². The van der Waals surface area contributed by atoms with E-state index in [9.17, 15) is 4.79 Å². The smallest absolute Gasteiger partial charge is 0.262 e. The largest absolute Gasteiger partial charge is 0.480 e. The van der Waals surface area contributed by atoms with Gasteiger partial charge in [-0.15, -0.1) is 0 Å². The Morgan fingerprint density at radius 3 is 2.57 bits per heavy atom. The lowest BCUT2D eigenvalue weighted by Gasteiger charge is -2.37. The molecule has 4 aromatic rings. The summed E-state index contributed by atoms with van der Waals surface area (Å²) < 4.78 is 7.00. The fraction of sp³-hybridized carbons (Fsp3) is 0.286. The molecule has 0 amide bonds. The number of nitrogens with zero attached hydrogens (tertiary/aromatic N) is 7. The number of fused-ring (bicyclic) bond motifs is 2. The summed E-state index contributed by atoms with van der Waals surface area (Å²) in [6.45, 7) is 3.13. The van der Waals surface area contributed by atoms with E-state index >= 15 is 0 Å². The summed E-state index contributed by atoms with van der Waals surface area (Å²) >= 11 is 0. The highest BCUT2D eigenvalue weighted by molar-refractivity contribution is 5.86. The number of piperazine rings is 1. The molecule has 0 saturated carbocycles. The van der Waals surface area contributed by atoms with Gasteiger partial charge in [-0.3, -0.25) is 14.3 Å². The van der Waals surface area contributed by atoms with Gasteiger partial charge >= 0.3 is 0 Å². The monoisotopic (exact) mass is 403 g/mol. The fourth-order valence-corrected chi connectivity index (χ4v) is 3.94. The molecule has 0 aliphatic carbocycles. The quantitative estimate of drug-likeness (QED) is 0.510. The van der Waals surface area contributed by atoms with Crippen LogP contribution in [0.2, 0.25) is 0 Å². The fourth-order valence-electron chi connectivity index (χ4n) is 3.94. The van der Waals surface area contributed by atoms with E-state index in [4.69, 9.17) is 9.72 Å². The van der Waals surface area contributed by atoms with Crippen molar-refractivity contribution in [2.45, 2.75) is 0 Å². The van der Waals surface area contributed by atoms with Crippen LogP contribution in [0.4, 0.5) is 11.6 Å². The molecule has 152 valence electrons. The number of benzene rings is 1. The summed E-state index contributed by atoms with van der Waals surface area (Å²) in [7, 11) is 3.39. The molecule has 0 unspecified atom stereocenters. The van der Waals surface area contributed by atoms with Gasteiger partial charge in [0, 0.05) is 45.1 Å². The molecule has 1 saturated heterocycles. The first-order valence-electron chi connectivity index (χ1n) is 9.75. The highest BCUT2D eigenvalue weighted by Crippen LogP contribution is 2.27.